The molecule has 186 valence electrons. The van der Waals surface area contributed by atoms with Gasteiger partial charge in [0.2, 0.25) is 5.91 Å². The SMILES string of the molecule is CCCC(=O)Nc1ccc2c(c1)OC[C@@H](C)N(Cc1nccs1)C[C@H](C)[C@@H](OC)CN(C)C2=O. The van der Waals surface area contributed by atoms with Gasteiger partial charge in [0.15, 0.2) is 0 Å². The Labute approximate surface area is 206 Å². The Hall–Kier alpha value is -2.49. The molecule has 0 saturated heterocycles. The Morgan fingerprint density at radius 2 is 2.12 bits per heavy atom. The van der Waals surface area contributed by atoms with E-state index in [0.717, 1.165) is 24.5 Å². The summed E-state index contributed by atoms with van der Waals surface area (Å²) in [5.41, 5.74) is 1.09. The van der Waals surface area contributed by atoms with Gasteiger partial charge >= 0.3 is 0 Å². The molecule has 3 rings (SSSR count). The summed E-state index contributed by atoms with van der Waals surface area (Å²) in [5, 5.41) is 5.93. The van der Waals surface area contributed by atoms with Gasteiger partial charge in [-0.25, -0.2) is 4.98 Å². The van der Waals surface area contributed by atoms with Gasteiger partial charge in [-0.1, -0.05) is 13.8 Å². The van der Waals surface area contributed by atoms with Crippen molar-refractivity contribution in [1.29, 1.82) is 0 Å². The first-order chi connectivity index (χ1) is 16.3. The van der Waals surface area contributed by atoms with Gasteiger partial charge in [-0.2, -0.15) is 0 Å². The van der Waals surface area contributed by atoms with Crippen molar-refractivity contribution in [3.8, 4) is 5.75 Å². The molecule has 0 bridgehead atoms. The molecule has 34 heavy (non-hydrogen) atoms. The number of anilines is 1. The van der Waals surface area contributed by atoms with Crippen molar-refractivity contribution in [2.24, 2.45) is 5.92 Å². The number of methoxy groups -OCH3 is 1. The van der Waals surface area contributed by atoms with Crippen LogP contribution >= 0.6 is 11.3 Å². The smallest absolute Gasteiger partial charge is 0.257 e. The van der Waals surface area contributed by atoms with E-state index in [2.05, 4.69) is 29.0 Å². The number of aromatic nitrogens is 1. The minimum absolute atomic E-state index is 0.0565. The maximum atomic E-state index is 13.3. The van der Waals surface area contributed by atoms with Crippen LogP contribution in [0.5, 0.6) is 5.75 Å². The van der Waals surface area contributed by atoms with Crippen molar-refractivity contribution in [2.45, 2.75) is 52.3 Å². The van der Waals surface area contributed by atoms with Crippen molar-refractivity contribution < 1.29 is 19.1 Å². The first-order valence-corrected chi connectivity index (χ1v) is 12.7. The number of hydrogen-bond donors (Lipinski definition) is 1. The summed E-state index contributed by atoms with van der Waals surface area (Å²) in [6.07, 6.45) is 2.92. The van der Waals surface area contributed by atoms with E-state index in [1.807, 2.05) is 18.5 Å². The molecule has 2 aromatic rings. The lowest BCUT2D eigenvalue weighted by molar-refractivity contribution is -0.116. The molecule has 0 spiro atoms. The zero-order valence-corrected chi connectivity index (χ0v) is 21.6. The average molecular weight is 489 g/mol. The van der Waals surface area contributed by atoms with Crippen LogP contribution in [0.15, 0.2) is 29.8 Å². The van der Waals surface area contributed by atoms with Gasteiger partial charge in [0.05, 0.1) is 18.2 Å². The Morgan fingerprint density at radius 1 is 1.32 bits per heavy atom. The van der Waals surface area contributed by atoms with E-state index >= 15 is 0 Å². The zero-order chi connectivity index (χ0) is 24.7. The first kappa shape index (κ1) is 26.1. The molecule has 0 saturated carbocycles. The van der Waals surface area contributed by atoms with Crippen molar-refractivity contribution in [3.63, 3.8) is 0 Å². The molecule has 1 aliphatic rings. The number of fused-ring (bicyclic) bond motifs is 1. The number of nitrogens with one attached hydrogen (secondary N) is 1. The molecule has 1 N–H and O–H groups in total. The monoisotopic (exact) mass is 488 g/mol. The second kappa shape index (κ2) is 12.3. The van der Waals surface area contributed by atoms with Gasteiger partial charge in [-0.3, -0.25) is 14.5 Å². The fraction of sp³-hybridized carbons (Fsp3) is 0.560. The Bertz CT molecular complexity index is 952. The number of nitrogens with zero attached hydrogens (tertiary/aromatic N) is 3. The van der Waals surface area contributed by atoms with Crippen molar-refractivity contribution >= 4 is 28.8 Å². The summed E-state index contributed by atoms with van der Waals surface area (Å²) in [6, 6.07) is 5.30. The predicted molar refractivity (Wildman–Crippen MR) is 134 cm³/mol. The van der Waals surface area contributed by atoms with Crippen LogP contribution in [-0.2, 0) is 16.1 Å². The molecular weight excluding hydrogens is 452 g/mol. The van der Waals surface area contributed by atoms with E-state index in [0.29, 0.717) is 36.6 Å². The van der Waals surface area contributed by atoms with Crippen molar-refractivity contribution in [3.05, 3.63) is 40.3 Å². The number of likely N-dealkylation sites (N-methyl/N-ethyl adjacent to an activating group) is 1. The molecule has 1 aromatic carbocycles. The van der Waals surface area contributed by atoms with E-state index in [-0.39, 0.29) is 29.9 Å². The van der Waals surface area contributed by atoms with Crippen molar-refractivity contribution in [1.82, 2.24) is 14.8 Å². The second-order valence-corrected chi connectivity index (χ2v) is 9.94. The zero-order valence-electron chi connectivity index (χ0n) is 20.7. The number of rotatable bonds is 6. The van der Waals surface area contributed by atoms with E-state index in [1.165, 1.54) is 0 Å². The molecule has 8 nitrogen and oxygen atoms in total. The molecule has 1 aromatic heterocycles. The van der Waals surface area contributed by atoms with Gasteiger partial charge in [0.1, 0.15) is 17.4 Å². The van der Waals surface area contributed by atoms with Crippen LogP contribution in [-0.4, -0.2) is 72.6 Å². The van der Waals surface area contributed by atoms with Crippen molar-refractivity contribution in [2.75, 3.05) is 39.2 Å². The summed E-state index contributed by atoms with van der Waals surface area (Å²) in [7, 11) is 3.48. The molecule has 2 amide bonds. The number of thiazole rings is 1. The van der Waals surface area contributed by atoms with Crippen LogP contribution in [0.25, 0.3) is 0 Å². The predicted octanol–water partition coefficient (Wildman–Crippen LogP) is 3.89. The number of benzene rings is 1. The first-order valence-electron chi connectivity index (χ1n) is 11.8. The molecule has 0 aliphatic carbocycles. The lowest BCUT2D eigenvalue weighted by Gasteiger charge is -2.35. The molecular formula is C25H36N4O4S. The van der Waals surface area contributed by atoms with Crippen LogP contribution in [0.2, 0.25) is 0 Å². The van der Waals surface area contributed by atoms with Gasteiger partial charge < -0.3 is 19.7 Å². The summed E-state index contributed by atoms with van der Waals surface area (Å²) >= 11 is 1.64. The Balaban J connectivity index is 1.92. The highest BCUT2D eigenvalue weighted by Crippen LogP contribution is 2.27. The standard InChI is InChI=1S/C25H36N4O4S/c1-6-7-23(30)27-19-8-9-20-21(12-19)33-16-18(3)29(15-24-26-10-11-34-24)13-17(2)22(32-5)14-28(4)25(20)31/h8-12,17-18,22H,6-7,13-16H2,1-5H3,(H,27,30)/t17-,18+,22-/m0/s1. The third kappa shape index (κ3) is 6.77. The number of amides is 2. The summed E-state index contributed by atoms with van der Waals surface area (Å²) in [4.78, 5) is 33.9. The summed E-state index contributed by atoms with van der Waals surface area (Å²) in [6.45, 7) is 8.59. The summed E-state index contributed by atoms with van der Waals surface area (Å²) in [5.74, 6) is 0.468. The maximum Gasteiger partial charge on any atom is 0.257 e. The third-order valence-corrected chi connectivity index (χ3v) is 6.92. The normalized spacial score (nSPS) is 22.3. The number of ether oxygens (including phenoxy) is 2. The van der Waals surface area contributed by atoms with E-state index in [9.17, 15) is 9.59 Å². The van der Waals surface area contributed by atoms with E-state index in [1.54, 1.807) is 48.6 Å². The highest BCUT2D eigenvalue weighted by atomic mass is 32.1. The Morgan fingerprint density at radius 3 is 2.79 bits per heavy atom. The van der Waals surface area contributed by atoms with Gasteiger partial charge in [-0.15, -0.1) is 11.3 Å². The second-order valence-electron chi connectivity index (χ2n) is 8.96. The molecule has 2 heterocycles. The highest BCUT2D eigenvalue weighted by Gasteiger charge is 2.28. The van der Waals surface area contributed by atoms with E-state index in [4.69, 9.17) is 9.47 Å². The number of carbonyl (C=O) groups is 2. The quantitative estimate of drug-likeness (QED) is 0.664. The minimum Gasteiger partial charge on any atom is -0.491 e. The fourth-order valence-corrected chi connectivity index (χ4v) is 4.74. The Kier molecular flexibility index (Phi) is 9.44. The molecule has 0 radical (unpaired) electrons. The summed E-state index contributed by atoms with van der Waals surface area (Å²) < 4.78 is 12.0. The minimum atomic E-state index is -0.136. The van der Waals surface area contributed by atoms with Crippen LogP contribution in [0.4, 0.5) is 5.69 Å². The largest absolute Gasteiger partial charge is 0.491 e. The highest BCUT2D eigenvalue weighted by molar-refractivity contribution is 7.09. The lowest BCUT2D eigenvalue weighted by atomic mass is 10.0. The lowest BCUT2D eigenvalue weighted by Crippen LogP contribution is -2.46. The molecule has 3 atom stereocenters. The van der Waals surface area contributed by atoms with E-state index < -0.39 is 0 Å². The molecule has 0 unspecified atom stereocenters. The molecule has 1 aliphatic heterocycles. The van der Waals surface area contributed by atoms with Gasteiger partial charge in [0, 0.05) is 63.0 Å². The topological polar surface area (TPSA) is 84.0 Å². The number of carbonyl (C=O) groups excluding carboxylic acids is 2. The average Bonchev–Trinajstić information content (AvgIpc) is 3.32. The van der Waals surface area contributed by atoms with Gasteiger partial charge in [0.25, 0.3) is 5.91 Å². The number of hydrogen-bond acceptors (Lipinski definition) is 7. The van der Waals surface area contributed by atoms with Crippen LogP contribution in [0.1, 0.15) is 49.0 Å². The fourth-order valence-electron chi connectivity index (χ4n) is 4.10. The van der Waals surface area contributed by atoms with Crippen LogP contribution < -0.4 is 10.1 Å². The third-order valence-electron chi connectivity index (χ3n) is 6.16. The van der Waals surface area contributed by atoms with Crippen LogP contribution in [0.3, 0.4) is 0 Å². The maximum absolute atomic E-state index is 13.3. The molecule has 0 fully saturated rings. The van der Waals surface area contributed by atoms with Crippen LogP contribution in [0, 0.1) is 5.92 Å². The van der Waals surface area contributed by atoms with Gasteiger partial charge in [-0.05, 0) is 31.4 Å². The molecule has 9 heteroatoms.